The predicted molar refractivity (Wildman–Crippen MR) is 155 cm³/mol. The smallest absolute Gasteiger partial charge is 0.326 e. The Labute approximate surface area is 240 Å². The number of carbonyl (C=O) groups is 4. The average Bonchev–Trinajstić information content (AvgIpc) is 2.93. The number of guanidine groups is 1. The molecule has 0 bridgehead atoms. The molecule has 230 valence electrons. The Morgan fingerprint density at radius 2 is 1.41 bits per heavy atom. The van der Waals surface area contributed by atoms with Gasteiger partial charge in [0.1, 0.15) is 23.9 Å². The van der Waals surface area contributed by atoms with Gasteiger partial charge in [-0.05, 0) is 62.3 Å². The fourth-order valence-electron chi connectivity index (χ4n) is 3.93. The molecule has 14 heteroatoms. The second-order valence-corrected chi connectivity index (χ2v) is 10.0. The zero-order valence-corrected chi connectivity index (χ0v) is 23.8. The summed E-state index contributed by atoms with van der Waals surface area (Å²) >= 11 is 0. The van der Waals surface area contributed by atoms with Gasteiger partial charge >= 0.3 is 5.97 Å². The summed E-state index contributed by atoms with van der Waals surface area (Å²) < 4.78 is 0. The van der Waals surface area contributed by atoms with Crippen LogP contribution in [0.15, 0.2) is 29.3 Å². The van der Waals surface area contributed by atoms with E-state index in [0.29, 0.717) is 37.8 Å². The lowest BCUT2D eigenvalue weighted by Gasteiger charge is -2.26. The van der Waals surface area contributed by atoms with Gasteiger partial charge in [-0.2, -0.15) is 0 Å². The molecule has 0 fully saturated rings. The highest BCUT2D eigenvalue weighted by molar-refractivity contribution is 5.94. The molecule has 5 unspecified atom stereocenters. The van der Waals surface area contributed by atoms with E-state index in [0.717, 1.165) is 0 Å². The number of unbranched alkanes of at least 4 members (excludes halogenated alkanes) is 1. The van der Waals surface area contributed by atoms with Crippen LogP contribution >= 0.6 is 0 Å². The molecule has 0 saturated carbocycles. The molecule has 0 spiro atoms. The van der Waals surface area contributed by atoms with Crippen molar-refractivity contribution in [1.82, 2.24) is 16.0 Å². The van der Waals surface area contributed by atoms with Crippen LogP contribution in [-0.4, -0.2) is 77.1 Å². The van der Waals surface area contributed by atoms with Crippen molar-refractivity contribution < 1.29 is 29.4 Å². The summed E-state index contributed by atoms with van der Waals surface area (Å²) in [6.45, 7) is 4.32. The van der Waals surface area contributed by atoms with Crippen LogP contribution in [0, 0.1) is 5.92 Å². The van der Waals surface area contributed by atoms with E-state index in [4.69, 9.17) is 22.9 Å². The number of nitrogens with one attached hydrogen (secondary N) is 3. The number of phenolic OH excluding ortho intramolecular Hbond substituents is 1. The number of carboxylic acid groups (broad SMARTS) is 1. The highest BCUT2D eigenvalue weighted by Crippen LogP contribution is 2.12. The number of carbonyl (C=O) groups excluding carboxylic acids is 3. The minimum Gasteiger partial charge on any atom is -0.508 e. The van der Waals surface area contributed by atoms with Crippen LogP contribution in [0.2, 0.25) is 0 Å². The number of benzene rings is 1. The summed E-state index contributed by atoms with van der Waals surface area (Å²) in [5, 5.41) is 27.0. The van der Waals surface area contributed by atoms with Crippen LogP contribution < -0.4 is 38.9 Å². The normalized spacial score (nSPS) is 14.5. The Morgan fingerprint density at radius 3 is 1.93 bits per heavy atom. The Bertz CT molecular complexity index is 1020. The molecule has 0 saturated heterocycles. The summed E-state index contributed by atoms with van der Waals surface area (Å²) in [5.41, 5.74) is 23.0. The number of nitrogens with two attached hydrogens (primary N) is 4. The lowest BCUT2D eigenvalue weighted by Crippen LogP contribution is -2.57. The third kappa shape index (κ3) is 13.3. The Hall–Kier alpha value is -3.91. The first-order chi connectivity index (χ1) is 19.4. The summed E-state index contributed by atoms with van der Waals surface area (Å²) in [6.07, 6.45) is 2.41. The van der Waals surface area contributed by atoms with Crippen LogP contribution in [0.4, 0.5) is 0 Å². The number of nitrogens with zero attached hydrogens (tertiary/aromatic N) is 1. The number of aliphatic carboxylic acids is 1. The number of aliphatic imine (C=N–C) groups is 1. The summed E-state index contributed by atoms with van der Waals surface area (Å²) in [7, 11) is 0. The molecule has 0 radical (unpaired) electrons. The zero-order valence-electron chi connectivity index (χ0n) is 23.8. The molecule has 0 aliphatic heterocycles. The monoisotopic (exact) mass is 578 g/mol. The molecular formula is C27H46N8O6. The van der Waals surface area contributed by atoms with Crippen molar-refractivity contribution >= 4 is 29.7 Å². The first-order valence-electron chi connectivity index (χ1n) is 13.8. The maximum absolute atomic E-state index is 13.4. The van der Waals surface area contributed by atoms with Gasteiger partial charge in [0.25, 0.3) is 0 Å². The molecule has 5 atom stereocenters. The van der Waals surface area contributed by atoms with E-state index >= 15 is 0 Å². The Balaban J connectivity index is 3.09. The topological polar surface area (TPSA) is 261 Å². The second-order valence-electron chi connectivity index (χ2n) is 10.0. The maximum atomic E-state index is 13.4. The summed E-state index contributed by atoms with van der Waals surface area (Å²) in [6, 6.07) is 1.69. The number of carboxylic acids is 1. The minimum atomic E-state index is -1.29. The predicted octanol–water partition coefficient (Wildman–Crippen LogP) is -0.970. The van der Waals surface area contributed by atoms with E-state index < -0.39 is 47.9 Å². The minimum absolute atomic E-state index is 0.0254. The first-order valence-corrected chi connectivity index (χ1v) is 13.8. The van der Waals surface area contributed by atoms with Crippen LogP contribution in [-0.2, 0) is 25.6 Å². The van der Waals surface area contributed by atoms with Crippen molar-refractivity contribution in [1.29, 1.82) is 0 Å². The van der Waals surface area contributed by atoms with Gasteiger partial charge < -0.3 is 49.1 Å². The molecular weight excluding hydrogens is 532 g/mol. The fourth-order valence-corrected chi connectivity index (χ4v) is 3.93. The van der Waals surface area contributed by atoms with E-state index in [1.54, 1.807) is 12.1 Å². The van der Waals surface area contributed by atoms with Crippen molar-refractivity contribution in [3.05, 3.63) is 29.8 Å². The van der Waals surface area contributed by atoms with E-state index in [1.807, 2.05) is 13.8 Å². The van der Waals surface area contributed by atoms with Crippen molar-refractivity contribution in [2.75, 3.05) is 13.1 Å². The quantitative estimate of drug-likeness (QED) is 0.0551. The highest BCUT2D eigenvalue weighted by atomic mass is 16.4. The Kier molecular flexibility index (Phi) is 15.8. The van der Waals surface area contributed by atoms with Crippen molar-refractivity contribution in [2.24, 2.45) is 33.8 Å². The van der Waals surface area contributed by atoms with Gasteiger partial charge in [-0.1, -0.05) is 32.4 Å². The van der Waals surface area contributed by atoms with Crippen molar-refractivity contribution in [3.63, 3.8) is 0 Å². The molecule has 1 aromatic carbocycles. The standard InChI is InChI=1S/C27H46N8O6/c1-3-16(2)22(29)25(39)34-20(8-6-14-32-27(30)31)23(37)33-19(7-4-5-13-28)24(38)35-21(26(40)41)15-17-9-11-18(36)12-10-17/h9-12,16,19-22,36H,3-8,13-15,28-29H2,1-2H3,(H,33,37)(H,34,39)(H,35,38)(H,40,41)(H4,30,31,32). The number of hydrogen-bond donors (Lipinski definition) is 9. The number of aromatic hydroxyl groups is 1. The van der Waals surface area contributed by atoms with Gasteiger partial charge in [-0.15, -0.1) is 0 Å². The molecule has 41 heavy (non-hydrogen) atoms. The molecule has 0 heterocycles. The number of amides is 3. The number of hydrogen-bond acceptors (Lipinski definition) is 8. The molecule has 0 aromatic heterocycles. The van der Waals surface area contributed by atoms with Crippen LogP contribution in [0.3, 0.4) is 0 Å². The van der Waals surface area contributed by atoms with Crippen LogP contribution in [0.5, 0.6) is 5.75 Å². The van der Waals surface area contributed by atoms with E-state index in [2.05, 4.69) is 20.9 Å². The zero-order chi connectivity index (χ0) is 30.9. The van der Waals surface area contributed by atoms with Crippen molar-refractivity contribution in [2.45, 2.75) is 83.0 Å². The van der Waals surface area contributed by atoms with Gasteiger partial charge in [0.05, 0.1) is 6.04 Å². The number of phenols is 1. The van der Waals surface area contributed by atoms with Gasteiger partial charge in [0.15, 0.2) is 5.96 Å². The molecule has 14 nitrogen and oxygen atoms in total. The number of rotatable bonds is 19. The van der Waals surface area contributed by atoms with Gasteiger partial charge in [0.2, 0.25) is 17.7 Å². The van der Waals surface area contributed by atoms with Crippen LogP contribution in [0.1, 0.15) is 57.9 Å². The SMILES string of the molecule is CCC(C)C(N)C(=O)NC(CCCN=C(N)N)C(=O)NC(CCCCN)C(=O)NC(Cc1ccc(O)cc1)C(=O)O. The van der Waals surface area contributed by atoms with Crippen molar-refractivity contribution in [3.8, 4) is 5.75 Å². The fraction of sp³-hybridized carbons (Fsp3) is 0.593. The molecule has 1 rings (SSSR count). The highest BCUT2D eigenvalue weighted by Gasteiger charge is 2.31. The molecule has 1 aromatic rings. The second kappa shape index (κ2) is 18.4. The summed E-state index contributed by atoms with van der Waals surface area (Å²) in [5.74, 6) is -3.30. The van der Waals surface area contributed by atoms with E-state index in [9.17, 15) is 29.4 Å². The first kappa shape index (κ1) is 35.1. The molecule has 13 N–H and O–H groups in total. The summed E-state index contributed by atoms with van der Waals surface area (Å²) in [4.78, 5) is 55.2. The van der Waals surface area contributed by atoms with E-state index in [1.165, 1.54) is 12.1 Å². The van der Waals surface area contributed by atoms with Gasteiger partial charge in [-0.25, -0.2) is 4.79 Å². The van der Waals surface area contributed by atoms with E-state index in [-0.39, 0.29) is 43.4 Å². The third-order valence-corrected chi connectivity index (χ3v) is 6.71. The van der Waals surface area contributed by atoms with Gasteiger partial charge in [-0.3, -0.25) is 19.4 Å². The average molecular weight is 579 g/mol. The molecule has 0 aliphatic rings. The lowest BCUT2D eigenvalue weighted by molar-refractivity contribution is -0.142. The Morgan fingerprint density at radius 1 is 0.878 bits per heavy atom. The maximum Gasteiger partial charge on any atom is 0.326 e. The van der Waals surface area contributed by atoms with Gasteiger partial charge in [0, 0.05) is 13.0 Å². The largest absolute Gasteiger partial charge is 0.508 e. The lowest BCUT2D eigenvalue weighted by atomic mass is 9.98. The van der Waals surface area contributed by atoms with Crippen LogP contribution in [0.25, 0.3) is 0 Å². The molecule has 0 aliphatic carbocycles. The third-order valence-electron chi connectivity index (χ3n) is 6.71. The molecule has 3 amide bonds.